The second-order valence-corrected chi connectivity index (χ2v) is 6.47. The van der Waals surface area contributed by atoms with Crippen molar-refractivity contribution in [3.63, 3.8) is 0 Å². The van der Waals surface area contributed by atoms with Gasteiger partial charge in [-0.05, 0) is 17.0 Å². The molecule has 0 aromatic heterocycles. The molecule has 1 aliphatic heterocycles. The summed E-state index contributed by atoms with van der Waals surface area (Å²) in [7, 11) is 0. The minimum absolute atomic E-state index is 0.172. The molecule has 0 spiro atoms. The van der Waals surface area contributed by atoms with Gasteiger partial charge in [-0.1, -0.05) is 67.6 Å². The van der Waals surface area contributed by atoms with Gasteiger partial charge in [0.05, 0.1) is 19.3 Å². The first-order valence-electron chi connectivity index (χ1n) is 8.60. The summed E-state index contributed by atoms with van der Waals surface area (Å²) in [6.07, 6.45) is 0. The molecule has 1 saturated heterocycles. The van der Waals surface area contributed by atoms with Crippen LogP contribution in [0.2, 0.25) is 0 Å². The zero-order valence-corrected chi connectivity index (χ0v) is 14.2. The summed E-state index contributed by atoms with van der Waals surface area (Å²) in [5.41, 5.74) is 1.50. The Hall–Kier alpha value is -2.15. The van der Waals surface area contributed by atoms with E-state index in [1.165, 1.54) is 0 Å². The van der Waals surface area contributed by atoms with Gasteiger partial charge >= 0.3 is 0 Å². The molecule has 0 saturated carbocycles. The first-order valence-corrected chi connectivity index (χ1v) is 8.60. The highest BCUT2D eigenvalue weighted by Gasteiger charge is 2.40. The number of rotatable bonds is 5. The maximum absolute atomic E-state index is 10.3. The van der Waals surface area contributed by atoms with Crippen molar-refractivity contribution in [3.8, 4) is 6.07 Å². The zero-order chi connectivity index (χ0) is 16.8. The van der Waals surface area contributed by atoms with E-state index in [4.69, 9.17) is 4.74 Å². The second-order valence-electron chi connectivity index (χ2n) is 6.47. The molecule has 124 valence electrons. The molecule has 3 nitrogen and oxygen atoms in total. The molecular formula is C21H24N2O. The largest absolute Gasteiger partial charge is 0.379 e. The van der Waals surface area contributed by atoms with Crippen LogP contribution in [0.1, 0.15) is 18.1 Å². The van der Waals surface area contributed by atoms with E-state index >= 15 is 0 Å². The van der Waals surface area contributed by atoms with E-state index in [2.05, 4.69) is 42.2 Å². The van der Waals surface area contributed by atoms with Gasteiger partial charge in [0.1, 0.15) is 5.41 Å². The monoisotopic (exact) mass is 320 g/mol. The molecule has 1 atom stereocenters. The summed E-state index contributed by atoms with van der Waals surface area (Å²) in [5.74, 6) is 0.172. The van der Waals surface area contributed by atoms with E-state index in [9.17, 15) is 5.26 Å². The van der Waals surface area contributed by atoms with Crippen molar-refractivity contribution in [2.75, 3.05) is 32.8 Å². The molecule has 1 unspecified atom stereocenters. The van der Waals surface area contributed by atoms with Crippen molar-refractivity contribution < 1.29 is 4.74 Å². The number of ether oxygens (including phenoxy) is 1. The predicted molar refractivity (Wildman–Crippen MR) is 95.7 cm³/mol. The summed E-state index contributed by atoms with van der Waals surface area (Å²) in [6, 6.07) is 23.1. The number of hydrogen-bond donors (Lipinski definition) is 0. The molecule has 3 heteroatoms. The zero-order valence-electron chi connectivity index (χ0n) is 14.2. The Labute approximate surface area is 144 Å². The Kier molecular flexibility index (Phi) is 5.30. The number of nitrogens with zero attached hydrogens (tertiary/aromatic N) is 2. The van der Waals surface area contributed by atoms with Gasteiger partial charge in [0.2, 0.25) is 0 Å². The lowest BCUT2D eigenvalue weighted by atomic mass is 9.67. The Morgan fingerprint density at radius 1 is 1.00 bits per heavy atom. The van der Waals surface area contributed by atoms with Gasteiger partial charge in [0.25, 0.3) is 0 Å². The number of hydrogen-bond acceptors (Lipinski definition) is 3. The lowest BCUT2D eigenvalue weighted by Crippen LogP contribution is -2.45. The molecule has 2 aromatic carbocycles. The molecule has 0 aliphatic carbocycles. The molecule has 1 heterocycles. The molecule has 0 radical (unpaired) electrons. The third-order valence-corrected chi connectivity index (χ3v) is 5.01. The van der Waals surface area contributed by atoms with Crippen LogP contribution in [0, 0.1) is 17.2 Å². The fourth-order valence-corrected chi connectivity index (χ4v) is 3.69. The Morgan fingerprint density at radius 3 is 1.96 bits per heavy atom. The maximum Gasteiger partial charge on any atom is 0.111 e. The molecule has 3 rings (SSSR count). The fourth-order valence-electron chi connectivity index (χ4n) is 3.69. The van der Waals surface area contributed by atoms with Crippen LogP contribution in [0.3, 0.4) is 0 Å². The van der Waals surface area contributed by atoms with E-state index < -0.39 is 5.41 Å². The molecule has 2 aromatic rings. The quantitative estimate of drug-likeness (QED) is 0.846. The van der Waals surface area contributed by atoms with Crippen LogP contribution in [-0.4, -0.2) is 37.7 Å². The normalized spacial score (nSPS) is 17.2. The average Bonchev–Trinajstić information content (AvgIpc) is 2.65. The molecule has 1 aliphatic rings. The molecule has 0 amide bonds. The summed E-state index contributed by atoms with van der Waals surface area (Å²) in [4.78, 5) is 2.41. The molecular weight excluding hydrogens is 296 g/mol. The smallest absolute Gasteiger partial charge is 0.111 e. The van der Waals surface area contributed by atoms with Crippen molar-refractivity contribution in [2.45, 2.75) is 12.3 Å². The van der Waals surface area contributed by atoms with Crippen LogP contribution < -0.4 is 0 Å². The van der Waals surface area contributed by atoms with Crippen LogP contribution in [0.5, 0.6) is 0 Å². The van der Waals surface area contributed by atoms with Gasteiger partial charge in [0, 0.05) is 19.6 Å². The van der Waals surface area contributed by atoms with Crippen molar-refractivity contribution in [2.24, 2.45) is 5.92 Å². The van der Waals surface area contributed by atoms with Crippen LogP contribution in [0.15, 0.2) is 60.7 Å². The molecule has 0 bridgehead atoms. The molecule has 0 N–H and O–H groups in total. The molecule has 1 fully saturated rings. The van der Waals surface area contributed by atoms with Crippen LogP contribution in [0.25, 0.3) is 0 Å². The van der Waals surface area contributed by atoms with E-state index in [1.807, 2.05) is 36.4 Å². The van der Waals surface area contributed by atoms with Crippen molar-refractivity contribution in [1.82, 2.24) is 4.90 Å². The maximum atomic E-state index is 10.3. The predicted octanol–water partition coefficient (Wildman–Crippen LogP) is 3.46. The van der Waals surface area contributed by atoms with Gasteiger partial charge in [-0.2, -0.15) is 5.26 Å². The Bertz CT molecular complexity index is 632. The number of morpholine rings is 1. The van der Waals surface area contributed by atoms with Crippen molar-refractivity contribution in [3.05, 3.63) is 71.8 Å². The van der Waals surface area contributed by atoms with Gasteiger partial charge < -0.3 is 4.74 Å². The van der Waals surface area contributed by atoms with Gasteiger partial charge in [-0.25, -0.2) is 0 Å². The van der Waals surface area contributed by atoms with Crippen molar-refractivity contribution >= 4 is 0 Å². The van der Waals surface area contributed by atoms with Gasteiger partial charge in [-0.15, -0.1) is 0 Å². The standard InChI is InChI=1S/C21H24N2O/c1-18(16-23-12-14-24-15-13-23)21(17-22,19-8-4-2-5-9-19)20-10-6-3-7-11-20/h2-11,18H,12-16H2,1H3. The third kappa shape index (κ3) is 3.21. The van der Waals surface area contributed by atoms with E-state index in [-0.39, 0.29) is 5.92 Å². The summed E-state index contributed by atoms with van der Waals surface area (Å²) >= 11 is 0. The highest BCUT2D eigenvalue weighted by Crippen LogP contribution is 2.39. The lowest BCUT2D eigenvalue weighted by molar-refractivity contribution is 0.0289. The lowest BCUT2D eigenvalue weighted by Gasteiger charge is -2.38. The van der Waals surface area contributed by atoms with E-state index in [1.54, 1.807) is 0 Å². The van der Waals surface area contributed by atoms with Crippen molar-refractivity contribution in [1.29, 1.82) is 5.26 Å². The Balaban J connectivity index is 1.99. The van der Waals surface area contributed by atoms with Crippen LogP contribution >= 0.6 is 0 Å². The third-order valence-electron chi connectivity index (χ3n) is 5.01. The fraction of sp³-hybridized carbons (Fsp3) is 0.381. The molecule has 24 heavy (non-hydrogen) atoms. The topological polar surface area (TPSA) is 36.3 Å². The first kappa shape index (κ1) is 16.7. The SMILES string of the molecule is CC(CN1CCOCC1)C(C#N)(c1ccccc1)c1ccccc1. The summed E-state index contributed by atoms with van der Waals surface area (Å²) < 4.78 is 5.46. The van der Waals surface area contributed by atoms with Crippen LogP contribution in [0.4, 0.5) is 0 Å². The first-order chi connectivity index (χ1) is 11.8. The average molecular weight is 320 g/mol. The number of benzene rings is 2. The van der Waals surface area contributed by atoms with Gasteiger partial charge in [-0.3, -0.25) is 4.90 Å². The van der Waals surface area contributed by atoms with E-state index in [0.29, 0.717) is 0 Å². The highest BCUT2D eigenvalue weighted by atomic mass is 16.5. The Morgan fingerprint density at radius 2 is 1.50 bits per heavy atom. The second kappa shape index (κ2) is 7.61. The minimum atomic E-state index is -0.638. The summed E-state index contributed by atoms with van der Waals surface area (Å²) in [5, 5.41) is 10.3. The number of nitriles is 1. The summed E-state index contributed by atoms with van der Waals surface area (Å²) in [6.45, 7) is 6.52. The van der Waals surface area contributed by atoms with Gasteiger partial charge in [0.15, 0.2) is 0 Å². The van der Waals surface area contributed by atoms with Crippen LogP contribution in [-0.2, 0) is 10.2 Å². The highest BCUT2D eigenvalue weighted by molar-refractivity contribution is 5.46. The van der Waals surface area contributed by atoms with E-state index in [0.717, 1.165) is 44.0 Å². The minimum Gasteiger partial charge on any atom is -0.379 e.